The van der Waals surface area contributed by atoms with Gasteiger partial charge in [0.25, 0.3) is 5.91 Å². The summed E-state index contributed by atoms with van der Waals surface area (Å²) in [6, 6.07) is 18.2. The van der Waals surface area contributed by atoms with Crippen LogP contribution in [0.3, 0.4) is 0 Å². The Labute approximate surface area is 139 Å². The number of pyridine rings is 1. The predicted molar refractivity (Wildman–Crippen MR) is 91.0 cm³/mol. The molecule has 0 radical (unpaired) electrons. The molecule has 0 fully saturated rings. The molecule has 0 spiro atoms. The molecule has 1 heterocycles. The Morgan fingerprint density at radius 2 is 1.83 bits per heavy atom. The highest BCUT2D eigenvalue weighted by atomic mass is 19.1. The highest BCUT2D eigenvalue weighted by Crippen LogP contribution is 2.12. The van der Waals surface area contributed by atoms with Crippen LogP contribution in [0.2, 0.25) is 0 Å². The van der Waals surface area contributed by atoms with Crippen molar-refractivity contribution in [2.45, 2.75) is 0 Å². The molecule has 3 rings (SSSR count). The molecule has 4 heteroatoms. The van der Waals surface area contributed by atoms with Crippen LogP contribution in [0, 0.1) is 17.7 Å². The van der Waals surface area contributed by atoms with Crippen LogP contribution in [-0.4, -0.2) is 10.9 Å². The number of nitrogens with zero attached hydrogens (tertiary/aromatic N) is 1. The molecule has 1 amide bonds. The molecule has 3 aromatic rings. The molecule has 0 saturated heterocycles. The first-order valence-electron chi connectivity index (χ1n) is 7.31. The zero-order chi connectivity index (χ0) is 16.8. The van der Waals surface area contributed by atoms with Crippen LogP contribution in [0.25, 0.3) is 0 Å². The van der Waals surface area contributed by atoms with E-state index in [1.54, 1.807) is 30.5 Å². The first-order chi connectivity index (χ1) is 11.7. The average Bonchev–Trinajstić information content (AvgIpc) is 2.61. The molecule has 116 valence electrons. The van der Waals surface area contributed by atoms with E-state index in [1.165, 1.54) is 18.2 Å². The summed E-state index contributed by atoms with van der Waals surface area (Å²) in [4.78, 5) is 16.3. The number of carbonyl (C=O) groups is 1. The number of hydrogen-bond donors (Lipinski definition) is 1. The predicted octanol–water partition coefficient (Wildman–Crippen LogP) is 3.87. The van der Waals surface area contributed by atoms with Crippen molar-refractivity contribution in [3.8, 4) is 11.8 Å². The minimum absolute atomic E-state index is 0.264. The summed E-state index contributed by atoms with van der Waals surface area (Å²) < 4.78 is 13.2. The fourth-order valence-electron chi connectivity index (χ4n) is 2.08. The van der Waals surface area contributed by atoms with Crippen molar-refractivity contribution in [1.29, 1.82) is 0 Å². The van der Waals surface area contributed by atoms with Gasteiger partial charge < -0.3 is 5.32 Å². The molecular weight excluding hydrogens is 303 g/mol. The molecule has 0 aliphatic heterocycles. The van der Waals surface area contributed by atoms with Crippen molar-refractivity contribution in [3.05, 3.63) is 95.6 Å². The molecule has 0 saturated carbocycles. The van der Waals surface area contributed by atoms with Gasteiger partial charge in [0.1, 0.15) is 11.5 Å². The Balaban J connectivity index is 1.76. The number of benzene rings is 2. The van der Waals surface area contributed by atoms with Crippen molar-refractivity contribution in [2.24, 2.45) is 0 Å². The summed E-state index contributed by atoms with van der Waals surface area (Å²) in [5, 5.41) is 2.74. The van der Waals surface area contributed by atoms with Crippen LogP contribution in [0.15, 0.2) is 72.9 Å². The molecule has 0 atom stereocenters. The topological polar surface area (TPSA) is 42.0 Å². The van der Waals surface area contributed by atoms with Gasteiger partial charge in [0.15, 0.2) is 0 Å². The summed E-state index contributed by atoms with van der Waals surface area (Å²) in [6.45, 7) is 0. The highest BCUT2D eigenvalue weighted by Gasteiger charge is 2.06. The Hall–Kier alpha value is -3.45. The van der Waals surface area contributed by atoms with Gasteiger partial charge in [-0.1, -0.05) is 24.1 Å². The Morgan fingerprint density at radius 1 is 0.958 bits per heavy atom. The normalized spacial score (nSPS) is 9.71. The molecule has 0 aliphatic carbocycles. The number of rotatable bonds is 2. The molecule has 2 aromatic carbocycles. The second-order valence-electron chi connectivity index (χ2n) is 5.01. The van der Waals surface area contributed by atoms with Crippen molar-refractivity contribution < 1.29 is 9.18 Å². The number of halogens is 1. The Bertz CT molecular complexity index is 927. The van der Waals surface area contributed by atoms with E-state index >= 15 is 0 Å². The molecule has 3 nitrogen and oxygen atoms in total. The molecule has 0 bridgehead atoms. The van der Waals surface area contributed by atoms with Crippen LogP contribution in [0.5, 0.6) is 0 Å². The van der Waals surface area contributed by atoms with Crippen molar-refractivity contribution in [3.63, 3.8) is 0 Å². The van der Waals surface area contributed by atoms with Crippen LogP contribution in [0.1, 0.15) is 21.6 Å². The number of amides is 1. The molecule has 1 aromatic heterocycles. The van der Waals surface area contributed by atoms with Crippen molar-refractivity contribution >= 4 is 11.6 Å². The van der Waals surface area contributed by atoms with E-state index in [4.69, 9.17) is 0 Å². The van der Waals surface area contributed by atoms with Gasteiger partial charge in [0, 0.05) is 23.0 Å². The minimum Gasteiger partial charge on any atom is -0.322 e. The van der Waals surface area contributed by atoms with E-state index in [9.17, 15) is 9.18 Å². The maximum Gasteiger partial charge on any atom is 0.255 e. The maximum absolute atomic E-state index is 13.2. The lowest BCUT2D eigenvalue weighted by Crippen LogP contribution is -2.12. The summed E-state index contributed by atoms with van der Waals surface area (Å²) in [7, 11) is 0. The van der Waals surface area contributed by atoms with Gasteiger partial charge in [-0.2, -0.15) is 0 Å². The van der Waals surface area contributed by atoms with Crippen LogP contribution >= 0.6 is 0 Å². The summed E-state index contributed by atoms with van der Waals surface area (Å²) in [5.74, 6) is 5.14. The van der Waals surface area contributed by atoms with Gasteiger partial charge in [0.05, 0.1) is 0 Å². The first-order valence-corrected chi connectivity index (χ1v) is 7.31. The highest BCUT2D eigenvalue weighted by molar-refractivity contribution is 6.04. The SMILES string of the molecule is O=C(Nc1cccc(C#Cc2ccccn2)c1)c1cccc(F)c1. The molecular formula is C20H13FN2O. The summed E-state index contributed by atoms with van der Waals surface area (Å²) in [5.41, 5.74) is 2.28. The van der Waals surface area contributed by atoms with Gasteiger partial charge in [-0.15, -0.1) is 0 Å². The lowest BCUT2D eigenvalue weighted by molar-refractivity contribution is 0.102. The molecule has 1 N–H and O–H groups in total. The van der Waals surface area contributed by atoms with E-state index in [2.05, 4.69) is 22.1 Å². The maximum atomic E-state index is 13.2. The van der Waals surface area contributed by atoms with Crippen LogP contribution in [-0.2, 0) is 0 Å². The van der Waals surface area contributed by atoms with E-state index in [0.29, 0.717) is 11.4 Å². The van der Waals surface area contributed by atoms with E-state index in [0.717, 1.165) is 5.56 Å². The van der Waals surface area contributed by atoms with Crippen molar-refractivity contribution in [1.82, 2.24) is 4.98 Å². The summed E-state index contributed by atoms with van der Waals surface area (Å²) in [6.07, 6.45) is 1.68. The van der Waals surface area contributed by atoms with Gasteiger partial charge in [0.2, 0.25) is 0 Å². The Kier molecular flexibility index (Phi) is 4.64. The Morgan fingerprint density at radius 3 is 2.62 bits per heavy atom. The molecule has 0 aliphatic rings. The average molecular weight is 316 g/mol. The van der Waals surface area contributed by atoms with E-state index in [1.807, 2.05) is 24.3 Å². The van der Waals surface area contributed by atoms with Crippen LogP contribution < -0.4 is 5.32 Å². The number of nitrogens with one attached hydrogen (secondary N) is 1. The minimum atomic E-state index is -0.447. The van der Waals surface area contributed by atoms with Gasteiger partial charge in [-0.3, -0.25) is 4.79 Å². The third-order valence-electron chi connectivity index (χ3n) is 3.21. The second kappa shape index (κ2) is 7.21. The number of anilines is 1. The van der Waals surface area contributed by atoms with Crippen LogP contribution in [0.4, 0.5) is 10.1 Å². The number of hydrogen-bond acceptors (Lipinski definition) is 2. The standard InChI is InChI=1S/C20H13FN2O/c21-17-7-4-6-16(14-17)20(24)23-19-9-3-5-15(13-19)10-11-18-8-1-2-12-22-18/h1-9,12-14H,(H,23,24). The lowest BCUT2D eigenvalue weighted by atomic mass is 10.1. The van der Waals surface area contributed by atoms with E-state index in [-0.39, 0.29) is 11.5 Å². The van der Waals surface area contributed by atoms with Gasteiger partial charge >= 0.3 is 0 Å². The number of aromatic nitrogens is 1. The zero-order valence-electron chi connectivity index (χ0n) is 12.7. The molecule has 0 unspecified atom stereocenters. The largest absolute Gasteiger partial charge is 0.322 e. The van der Waals surface area contributed by atoms with Gasteiger partial charge in [-0.25, -0.2) is 9.37 Å². The van der Waals surface area contributed by atoms with Crippen molar-refractivity contribution in [2.75, 3.05) is 5.32 Å². The van der Waals surface area contributed by atoms with Gasteiger partial charge in [-0.05, 0) is 54.5 Å². The number of carbonyl (C=O) groups excluding carboxylic acids is 1. The second-order valence-corrected chi connectivity index (χ2v) is 5.01. The summed E-state index contributed by atoms with van der Waals surface area (Å²) >= 11 is 0. The zero-order valence-corrected chi connectivity index (χ0v) is 12.7. The quantitative estimate of drug-likeness (QED) is 0.729. The monoisotopic (exact) mass is 316 g/mol. The third kappa shape index (κ3) is 4.05. The fraction of sp³-hybridized carbons (Fsp3) is 0. The molecule has 24 heavy (non-hydrogen) atoms. The smallest absolute Gasteiger partial charge is 0.255 e. The fourth-order valence-corrected chi connectivity index (χ4v) is 2.08. The lowest BCUT2D eigenvalue weighted by Gasteiger charge is -2.05. The third-order valence-corrected chi connectivity index (χ3v) is 3.21. The first kappa shape index (κ1) is 15.4. The van der Waals surface area contributed by atoms with E-state index < -0.39 is 5.82 Å².